The summed E-state index contributed by atoms with van der Waals surface area (Å²) in [5.74, 6) is 0.569. The number of methoxy groups -OCH3 is 1. The van der Waals surface area contributed by atoms with Crippen molar-refractivity contribution in [2.75, 3.05) is 26.8 Å². The maximum atomic E-state index is 12.8. The van der Waals surface area contributed by atoms with E-state index in [0.717, 1.165) is 6.42 Å². The van der Waals surface area contributed by atoms with Gasteiger partial charge in [-0.1, -0.05) is 12.1 Å². The minimum absolute atomic E-state index is 0. The van der Waals surface area contributed by atoms with Crippen molar-refractivity contribution in [2.45, 2.75) is 46.3 Å². The van der Waals surface area contributed by atoms with E-state index in [2.05, 4.69) is 25.1 Å². The number of para-hydroxylation sites is 1. The van der Waals surface area contributed by atoms with E-state index in [0.29, 0.717) is 44.1 Å². The number of unbranched alkanes of at least 4 members (excludes halogenated alkanes) is 1. The molecule has 10 heteroatoms. The molecule has 0 aliphatic rings. The summed E-state index contributed by atoms with van der Waals surface area (Å²) in [4.78, 5) is 15.5. The lowest BCUT2D eigenvalue weighted by Crippen LogP contribution is -2.37. The van der Waals surface area contributed by atoms with Gasteiger partial charge >= 0.3 is 12.6 Å². The highest BCUT2D eigenvalue weighted by Crippen LogP contribution is 2.33. The number of guanidine groups is 1. The zero-order valence-corrected chi connectivity index (χ0v) is 19.3. The van der Waals surface area contributed by atoms with Crippen LogP contribution in [0.3, 0.4) is 0 Å². The van der Waals surface area contributed by atoms with Gasteiger partial charge in [-0.05, 0) is 32.8 Å². The van der Waals surface area contributed by atoms with Gasteiger partial charge in [-0.15, -0.1) is 24.0 Å². The molecule has 0 spiro atoms. The number of alkyl halides is 2. The van der Waals surface area contributed by atoms with Crippen molar-refractivity contribution in [3.8, 4) is 11.5 Å². The van der Waals surface area contributed by atoms with Gasteiger partial charge in [0.15, 0.2) is 17.5 Å². The zero-order chi connectivity index (χ0) is 20.8. The van der Waals surface area contributed by atoms with Crippen molar-refractivity contribution in [2.24, 2.45) is 4.99 Å². The number of nitrogens with one attached hydrogen (secondary N) is 2. The van der Waals surface area contributed by atoms with Crippen molar-refractivity contribution >= 4 is 35.9 Å². The molecular weight excluding hydrogens is 499 g/mol. The molecule has 0 saturated carbocycles. The first kappa shape index (κ1) is 27.1. The van der Waals surface area contributed by atoms with Gasteiger partial charge in [0.25, 0.3) is 0 Å². The molecule has 2 N–H and O–H groups in total. The second kappa shape index (κ2) is 16.0. The van der Waals surface area contributed by atoms with Gasteiger partial charge in [-0.2, -0.15) is 8.78 Å². The van der Waals surface area contributed by atoms with Crippen LogP contribution in [0, 0.1) is 0 Å². The molecule has 0 heterocycles. The monoisotopic (exact) mass is 529 g/mol. The molecule has 1 aromatic rings. The number of hydrogen-bond acceptors (Lipinski definition) is 5. The first-order valence-electron chi connectivity index (χ1n) is 9.30. The second-order valence-corrected chi connectivity index (χ2v) is 5.71. The Morgan fingerprint density at radius 1 is 1.21 bits per heavy atom. The summed E-state index contributed by atoms with van der Waals surface area (Å²) in [6, 6.07) is 4.96. The van der Waals surface area contributed by atoms with Crippen LogP contribution in [0.4, 0.5) is 8.78 Å². The minimum Gasteiger partial charge on any atom is -0.490 e. The van der Waals surface area contributed by atoms with E-state index in [9.17, 15) is 13.6 Å². The van der Waals surface area contributed by atoms with Crippen molar-refractivity contribution in [1.82, 2.24) is 10.6 Å². The molecule has 0 unspecified atom stereocenters. The highest BCUT2D eigenvalue weighted by atomic mass is 127. The minimum atomic E-state index is -2.95. The van der Waals surface area contributed by atoms with Crippen LogP contribution >= 0.6 is 24.0 Å². The summed E-state index contributed by atoms with van der Waals surface area (Å²) in [6.07, 6.45) is 1.82. The smallest absolute Gasteiger partial charge is 0.387 e. The summed E-state index contributed by atoms with van der Waals surface area (Å²) in [7, 11) is 1.36. The number of nitrogens with zero attached hydrogens (tertiary/aromatic N) is 1. The van der Waals surface area contributed by atoms with Crippen molar-refractivity contribution in [3.63, 3.8) is 0 Å². The maximum Gasteiger partial charge on any atom is 0.387 e. The van der Waals surface area contributed by atoms with Crippen LogP contribution in [0.5, 0.6) is 11.5 Å². The van der Waals surface area contributed by atoms with E-state index in [-0.39, 0.29) is 48.0 Å². The number of carbonyl (C=O) groups excluding carboxylic acids is 1. The number of esters is 1. The van der Waals surface area contributed by atoms with Gasteiger partial charge in [0.05, 0.1) is 20.3 Å². The van der Waals surface area contributed by atoms with E-state index in [4.69, 9.17) is 4.74 Å². The topological polar surface area (TPSA) is 81.2 Å². The average Bonchev–Trinajstić information content (AvgIpc) is 2.67. The molecule has 0 aromatic heterocycles. The number of ether oxygens (including phenoxy) is 3. The number of rotatable bonds is 12. The highest BCUT2D eigenvalue weighted by molar-refractivity contribution is 14.0. The molecule has 29 heavy (non-hydrogen) atoms. The van der Waals surface area contributed by atoms with E-state index in [1.807, 2.05) is 6.92 Å². The quantitative estimate of drug-likeness (QED) is 0.141. The largest absolute Gasteiger partial charge is 0.490 e. The fourth-order valence-electron chi connectivity index (χ4n) is 2.39. The van der Waals surface area contributed by atoms with E-state index >= 15 is 0 Å². The Balaban J connectivity index is 0.00000784. The van der Waals surface area contributed by atoms with Crippen LogP contribution in [0.1, 0.15) is 38.7 Å². The molecule has 0 atom stereocenters. The lowest BCUT2D eigenvalue weighted by atomic mass is 10.2. The Bertz CT molecular complexity index is 633. The first-order valence-corrected chi connectivity index (χ1v) is 9.30. The number of benzene rings is 1. The Labute approximate surface area is 187 Å². The molecule has 7 nitrogen and oxygen atoms in total. The second-order valence-electron chi connectivity index (χ2n) is 5.71. The normalized spacial score (nSPS) is 10.9. The third-order valence-electron chi connectivity index (χ3n) is 3.65. The van der Waals surface area contributed by atoms with Crippen molar-refractivity contribution in [3.05, 3.63) is 23.8 Å². The Hall–Kier alpha value is -1.85. The van der Waals surface area contributed by atoms with E-state index in [1.54, 1.807) is 25.1 Å². The van der Waals surface area contributed by atoms with Crippen molar-refractivity contribution < 1.29 is 27.8 Å². The van der Waals surface area contributed by atoms with Crippen LogP contribution in [-0.2, 0) is 16.1 Å². The average molecular weight is 529 g/mol. The third-order valence-corrected chi connectivity index (χ3v) is 3.65. The number of halogens is 3. The molecular formula is C19H30F2IN3O4. The number of aliphatic imine (C=N–C) groups is 1. The standard InChI is InChI=1S/C19H29F2N3O4.HI/c1-4-22-19(23-12-7-6-11-16(25)26-3)24-13-14-9-8-10-15(27-5-2)17(14)28-18(20)21;/h8-10,18H,4-7,11-13H2,1-3H3,(H2,22,23,24);1H. The predicted molar refractivity (Wildman–Crippen MR) is 118 cm³/mol. The summed E-state index contributed by atoms with van der Waals surface area (Å²) in [6.45, 7) is 2.48. The van der Waals surface area contributed by atoms with Crippen LogP contribution < -0.4 is 20.1 Å². The predicted octanol–water partition coefficient (Wildman–Crippen LogP) is 3.70. The lowest BCUT2D eigenvalue weighted by molar-refractivity contribution is -0.140. The van der Waals surface area contributed by atoms with E-state index < -0.39 is 6.61 Å². The van der Waals surface area contributed by atoms with Crippen LogP contribution in [0.2, 0.25) is 0 Å². The lowest BCUT2D eigenvalue weighted by Gasteiger charge is -2.15. The summed E-state index contributed by atoms with van der Waals surface area (Å²) in [5.41, 5.74) is 0.495. The first-order chi connectivity index (χ1) is 13.5. The van der Waals surface area contributed by atoms with Crippen LogP contribution in [-0.4, -0.2) is 45.3 Å². The third kappa shape index (κ3) is 11.1. The van der Waals surface area contributed by atoms with E-state index in [1.165, 1.54) is 7.11 Å². The highest BCUT2D eigenvalue weighted by Gasteiger charge is 2.15. The SMILES string of the molecule is CCNC(=NCc1cccc(OCC)c1OC(F)F)NCCCCC(=O)OC.I. The molecule has 0 aliphatic carbocycles. The molecule has 166 valence electrons. The summed E-state index contributed by atoms with van der Waals surface area (Å²) in [5, 5.41) is 6.24. The van der Waals surface area contributed by atoms with Crippen LogP contribution in [0.15, 0.2) is 23.2 Å². The molecule has 0 fully saturated rings. The molecule has 0 amide bonds. The zero-order valence-electron chi connectivity index (χ0n) is 17.0. The number of carbonyl (C=O) groups is 1. The molecule has 0 aliphatic heterocycles. The van der Waals surface area contributed by atoms with Gasteiger partial charge < -0.3 is 24.8 Å². The summed E-state index contributed by atoms with van der Waals surface area (Å²) < 4.78 is 40.2. The Kier molecular flexibility index (Phi) is 15.0. The van der Waals surface area contributed by atoms with Crippen molar-refractivity contribution in [1.29, 1.82) is 0 Å². The summed E-state index contributed by atoms with van der Waals surface area (Å²) >= 11 is 0. The molecule has 1 aromatic carbocycles. The Morgan fingerprint density at radius 3 is 2.59 bits per heavy atom. The fraction of sp³-hybridized carbons (Fsp3) is 0.579. The molecule has 0 bridgehead atoms. The maximum absolute atomic E-state index is 12.8. The van der Waals surface area contributed by atoms with Crippen LogP contribution in [0.25, 0.3) is 0 Å². The van der Waals surface area contributed by atoms with Gasteiger partial charge in [-0.25, -0.2) is 4.99 Å². The molecule has 0 radical (unpaired) electrons. The Morgan fingerprint density at radius 2 is 1.97 bits per heavy atom. The van der Waals surface area contributed by atoms with Gasteiger partial charge in [0.1, 0.15) is 0 Å². The van der Waals surface area contributed by atoms with Gasteiger partial charge in [-0.3, -0.25) is 4.79 Å². The van der Waals surface area contributed by atoms with Gasteiger partial charge in [0, 0.05) is 25.1 Å². The molecule has 1 rings (SSSR count). The number of hydrogen-bond donors (Lipinski definition) is 2. The fourth-order valence-corrected chi connectivity index (χ4v) is 2.39. The molecule has 0 saturated heterocycles. The van der Waals surface area contributed by atoms with Gasteiger partial charge in [0.2, 0.25) is 0 Å².